The largest absolute Gasteiger partial charge is 0.308 e. The quantitative estimate of drug-likeness (QED) is 0.917. The molecule has 1 aliphatic carbocycles. The van der Waals surface area contributed by atoms with Gasteiger partial charge in [-0.2, -0.15) is 5.10 Å². The smallest absolute Gasteiger partial charge is 0.0739 e. The first-order valence-electron chi connectivity index (χ1n) is 7.58. The zero-order valence-corrected chi connectivity index (χ0v) is 14.5. The predicted molar refractivity (Wildman–Crippen MR) is 84.6 cm³/mol. The molecule has 0 aromatic carbocycles. The molecular formula is C15H25BrN4. The summed E-state index contributed by atoms with van der Waals surface area (Å²) >= 11 is 3.69. The Kier molecular flexibility index (Phi) is 3.72. The summed E-state index contributed by atoms with van der Waals surface area (Å²) in [4.78, 5) is 2.61. The molecule has 0 radical (unpaired) electrons. The van der Waals surface area contributed by atoms with Crippen LogP contribution in [-0.2, 0) is 13.6 Å². The highest BCUT2D eigenvalue weighted by molar-refractivity contribution is 9.10. The second kappa shape index (κ2) is 5.11. The van der Waals surface area contributed by atoms with Crippen LogP contribution in [0, 0.1) is 12.8 Å². The van der Waals surface area contributed by atoms with Crippen molar-refractivity contribution in [3.8, 4) is 0 Å². The molecule has 2 atom stereocenters. The van der Waals surface area contributed by atoms with Crippen LogP contribution in [0.2, 0.25) is 0 Å². The topological polar surface area (TPSA) is 33.1 Å². The highest BCUT2D eigenvalue weighted by atomic mass is 79.9. The van der Waals surface area contributed by atoms with Gasteiger partial charge in [0, 0.05) is 38.3 Å². The number of aryl methyl sites for hydroxylation is 2. The summed E-state index contributed by atoms with van der Waals surface area (Å²) in [5.74, 6) is 0.870. The van der Waals surface area contributed by atoms with Crippen molar-refractivity contribution in [3.05, 3.63) is 15.9 Å². The first kappa shape index (κ1) is 14.5. The fourth-order valence-electron chi connectivity index (χ4n) is 3.39. The van der Waals surface area contributed by atoms with Crippen molar-refractivity contribution in [2.75, 3.05) is 13.1 Å². The van der Waals surface area contributed by atoms with E-state index in [-0.39, 0.29) is 0 Å². The van der Waals surface area contributed by atoms with Crippen LogP contribution in [0.15, 0.2) is 4.47 Å². The molecule has 2 aliphatic rings. The van der Waals surface area contributed by atoms with Gasteiger partial charge in [0.1, 0.15) is 0 Å². The first-order chi connectivity index (χ1) is 9.40. The van der Waals surface area contributed by atoms with Crippen molar-refractivity contribution < 1.29 is 0 Å². The van der Waals surface area contributed by atoms with Gasteiger partial charge in [-0.15, -0.1) is 0 Å². The van der Waals surface area contributed by atoms with Crippen LogP contribution in [-0.4, -0.2) is 39.4 Å². The molecule has 0 amide bonds. The van der Waals surface area contributed by atoms with E-state index in [4.69, 9.17) is 0 Å². The van der Waals surface area contributed by atoms with Gasteiger partial charge in [0.25, 0.3) is 0 Å². The van der Waals surface area contributed by atoms with E-state index >= 15 is 0 Å². The lowest BCUT2D eigenvalue weighted by Gasteiger charge is -2.45. The molecule has 2 heterocycles. The first-order valence-corrected chi connectivity index (χ1v) is 8.37. The molecular weight excluding hydrogens is 316 g/mol. The minimum atomic E-state index is 0.298. The standard InChI is InChI=1S/C15H25BrN4/c1-10-7-17-15(3,12-5-6-12)9-20(10)8-13-14(16)11(2)18-19(13)4/h10,12,17H,5-9H2,1-4H3. The summed E-state index contributed by atoms with van der Waals surface area (Å²) < 4.78 is 3.18. The summed E-state index contributed by atoms with van der Waals surface area (Å²) in [6.07, 6.45) is 2.78. The lowest BCUT2D eigenvalue weighted by Crippen LogP contribution is -2.63. The van der Waals surface area contributed by atoms with Gasteiger partial charge >= 0.3 is 0 Å². The molecule has 1 saturated heterocycles. The lowest BCUT2D eigenvalue weighted by atomic mass is 9.91. The van der Waals surface area contributed by atoms with Gasteiger partial charge in [0.05, 0.1) is 15.9 Å². The van der Waals surface area contributed by atoms with Crippen LogP contribution >= 0.6 is 15.9 Å². The maximum atomic E-state index is 4.51. The predicted octanol–water partition coefficient (Wildman–Crippen LogP) is 2.45. The highest BCUT2D eigenvalue weighted by Gasteiger charge is 2.45. The number of hydrogen-bond donors (Lipinski definition) is 1. The molecule has 5 heteroatoms. The molecule has 1 aromatic rings. The van der Waals surface area contributed by atoms with Crippen molar-refractivity contribution in [1.82, 2.24) is 20.0 Å². The Labute approximate surface area is 130 Å². The zero-order chi connectivity index (χ0) is 14.5. The molecule has 3 rings (SSSR count). The third kappa shape index (κ3) is 2.55. The van der Waals surface area contributed by atoms with E-state index in [1.54, 1.807) is 0 Å². The van der Waals surface area contributed by atoms with Gasteiger partial charge in [-0.1, -0.05) is 0 Å². The van der Waals surface area contributed by atoms with Gasteiger partial charge in [-0.25, -0.2) is 0 Å². The van der Waals surface area contributed by atoms with Crippen molar-refractivity contribution in [1.29, 1.82) is 0 Å². The Hall–Kier alpha value is -0.390. The third-order valence-corrected chi connectivity index (χ3v) is 6.08. The summed E-state index contributed by atoms with van der Waals surface area (Å²) in [7, 11) is 2.04. The Bertz CT molecular complexity index is 508. The normalized spacial score (nSPS) is 31.8. The maximum absolute atomic E-state index is 4.51. The highest BCUT2D eigenvalue weighted by Crippen LogP contribution is 2.41. The van der Waals surface area contributed by atoms with Crippen molar-refractivity contribution in [2.45, 2.75) is 51.7 Å². The van der Waals surface area contributed by atoms with E-state index < -0.39 is 0 Å². The molecule has 1 saturated carbocycles. The Morgan fingerprint density at radius 3 is 2.70 bits per heavy atom. The number of nitrogens with zero attached hydrogens (tertiary/aromatic N) is 3. The Balaban J connectivity index is 1.78. The third-order valence-electron chi connectivity index (χ3n) is 5.05. The van der Waals surface area contributed by atoms with Gasteiger partial charge in [-0.3, -0.25) is 9.58 Å². The van der Waals surface area contributed by atoms with Crippen LogP contribution in [0.5, 0.6) is 0 Å². The molecule has 1 aliphatic heterocycles. The Morgan fingerprint density at radius 1 is 1.45 bits per heavy atom. The lowest BCUT2D eigenvalue weighted by molar-refractivity contribution is 0.0748. The molecule has 4 nitrogen and oxygen atoms in total. The molecule has 1 aromatic heterocycles. The maximum Gasteiger partial charge on any atom is 0.0739 e. The van der Waals surface area contributed by atoms with E-state index in [2.05, 4.69) is 52.0 Å². The van der Waals surface area contributed by atoms with Crippen molar-refractivity contribution in [3.63, 3.8) is 0 Å². The van der Waals surface area contributed by atoms with Gasteiger partial charge in [0.15, 0.2) is 0 Å². The SMILES string of the molecule is Cc1nn(C)c(CN2CC(C)(C3CC3)NCC2C)c1Br. The summed E-state index contributed by atoms with van der Waals surface area (Å²) in [6, 6.07) is 0.573. The summed E-state index contributed by atoms with van der Waals surface area (Å²) in [5, 5.41) is 8.29. The number of aromatic nitrogens is 2. The van der Waals surface area contributed by atoms with Crippen molar-refractivity contribution >= 4 is 15.9 Å². The monoisotopic (exact) mass is 340 g/mol. The summed E-state index contributed by atoms with van der Waals surface area (Å²) in [6.45, 7) is 9.97. The van der Waals surface area contributed by atoms with Crippen LogP contribution in [0.4, 0.5) is 0 Å². The van der Waals surface area contributed by atoms with Gasteiger partial charge < -0.3 is 5.32 Å². The van der Waals surface area contributed by atoms with Crippen LogP contribution in [0.1, 0.15) is 38.1 Å². The second-order valence-corrected chi connectivity index (χ2v) is 7.59. The minimum Gasteiger partial charge on any atom is -0.308 e. The number of nitrogens with one attached hydrogen (secondary N) is 1. The number of halogens is 1. The fraction of sp³-hybridized carbons (Fsp3) is 0.800. The van der Waals surface area contributed by atoms with E-state index in [0.717, 1.165) is 31.2 Å². The number of piperazine rings is 1. The van der Waals surface area contributed by atoms with E-state index in [1.807, 2.05) is 11.7 Å². The summed E-state index contributed by atoms with van der Waals surface area (Å²) in [5.41, 5.74) is 2.66. The van der Waals surface area contributed by atoms with Crippen LogP contribution in [0.25, 0.3) is 0 Å². The van der Waals surface area contributed by atoms with E-state index in [0.29, 0.717) is 11.6 Å². The van der Waals surface area contributed by atoms with Crippen molar-refractivity contribution in [2.24, 2.45) is 13.0 Å². The molecule has 112 valence electrons. The average Bonchev–Trinajstić information content (AvgIpc) is 3.20. The van der Waals surface area contributed by atoms with E-state index in [9.17, 15) is 0 Å². The van der Waals surface area contributed by atoms with Crippen LogP contribution < -0.4 is 5.32 Å². The molecule has 2 unspecified atom stereocenters. The van der Waals surface area contributed by atoms with Crippen LogP contribution in [0.3, 0.4) is 0 Å². The second-order valence-electron chi connectivity index (χ2n) is 6.80. The zero-order valence-electron chi connectivity index (χ0n) is 12.9. The molecule has 2 fully saturated rings. The van der Waals surface area contributed by atoms with Gasteiger partial charge in [-0.05, 0) is 55.5 Å². The molecule has 20 heavy (non-hydrogen) atoms. The molecule has 1 N–H and O–H groups in total. The van der Waals surface area contributed by atoms with Gasteiger partial charge in [0.2, 0.25) is 0 Å². The number of hydrogen-bond acceptors (Lipinski definition) is 3. The number of rotatable bonds is 3. The minimum absolute atomic E-state index is 0.298. The Morgan fingerprint density at radius 2 is 2.15 bits per heavy atom. The molecule has 0 bridgehead atoms. The fourth-order valence-corrected chi connectivity index (χ4v) is 3.85. The average molecular weight is 341 g/mol. The molecule has 0 spiro atoms. The van der Waals surface area contributed by atoms with E-state index in [1.165, 1.54) is 23.0 Å².